The quantitative estimate of drug-likeness (QED) is 0.436. The Bertz CT molecular complexity index is 513. The second kappa shape index (κ2) is 8.59. The molecule has 0 amide bonds. The number of benzene rings is 1. The molecule has 0 aliphatic heterocycles. The van der Waals surface area contributed by atoms with Crippen LogP contribution in [-0.4, -0.2) is 31.7 Å². The maximum absolute atomic E-state index is 5.32. The van der Waals surface area contributed by atoms with Crippen LogP contribution in [0.15, 0.2) is 34.6 Å². The van der Waals surface area contributed by atoms with Crippen LogP contribution < -0.4 is 4.74 Å². The molecule has 0 radical (unpaired) electrons. The summed E-state index contributed by atoms with van der Waals surface area (Å²) < 4.78 is 5.32. The molecule has 0 unspecified atom stereocenters. The molecule has 0 heterocycles. The minimum atomic E-state index is 0.239. The zero-order chi connectivity index (χ0) is 14.8. The van der Waals surface area contributed by atoms with Crippen molar-refractivity contribution in [2.75, 3.05) is 20.3 Å². The van der Waals surface area contributed by atoms with Gasteiger partial charge in [0.2, 0.25) is 0 Å². The monoisotopic (exact) mass is 274 g/mol. The van der Waals surface area contributed by atoms with E-state index in [2.05, 4.69) is 16.2 Å². The Hall–Kier alpha value is -2.48. The molecule has 5 heteroatoms. The summed E-state index contributed by atoms with van der Waals surface area (Å²) in [7, 11) is 1.48. The van der Waals surface area contributed by atoms with Crippen molar-refractivity contribution in [2.45, 2.75) is 13.8 Å². The molecule has 0 atom stereocenters. The zero-order valence-corrected chi connectivity index (χ0v) is 11.9. The van der Waals surface area contributed by atoms with E-state index in [1.54, 1.807) is 6.92 Å². The standard InChI is InChI=1S/C15H18N2O3/c1-5-11-19-14-9-7-13(8-10-14)15(17-20-6-2)12(3)16-18-4/h1,7-10H,6,11H2,2-4H3. The summed E-state index contributed by atoms with van der Waals surface area (Å²) in [4.78, 5) is 9.87. The van der Waals surface area contributed by atoms with Crippen LogP contribution >= 0.6 is 0 Å². The van der Waals surface area contributed by atoms with Gasteiger partial charge in [0.1, 0.15) is 37.5 Å². The van der Waals surface area contributed by atoms with Crippen LogP contribution in [0.25, 0.3) is 0 Å². The van der Waals surface area contributed by atoms with Crippen molar-refractivity contribution in [1.29, 1.82) is 0 Å². The minimum Gasteiger partial charge on any atom is -0.481 e. The van der Waals surface area contributed by atoms with Gasteiger partial charge in [-0.25, -0.2) is 0 Å². The molecular weight excluding hydrogens is 256 g/mol. The number of hydrogen-bond donors (Lipinski definition) is 0. The lowest BCUT2D eigenvalue weighted by Crippen LogP contribution is -2.13. The molecule has 1 aromatic carbocycles. The topological polar surface area (TPSA) is 52.4 Å². The molecule has 0 saturated carbocycles. The summed E-state index contributed by atoms with van der Waals surface area (Å²) in [5.74, 6) is 3.11. The summed E-state index contributed by atoms with van der Waals surface area (Å²) >= 11 is 0. The smallest absolute Gasteiger partial charge is 0.148 e. The van der Waals surface area contributed by atoms with Crippen LogP contribution in [-0.2, 0) is 9.68 Å². The van der Waals surface area contributed by atoms with Gasteiger partial charge in [0.05, 0.1) is 0 Å². The molecule has 0 aromatic heterocycles. The van der Waals surface area contributed by atoms with E-state index in [1.165, 1.54) is 7.11 Å². The molecule has 0 aliphatic carbocycles. The number of oxime groups is 2. The third kappa shape index (κ3) is 4.65. The number of rotatable bonds is 7. The van der Waals surface area contributed by atoms with Crippen LogP contribution in [0.1, 0.15) is 19.4 Å². The third-order valence-electron chi connectivity index (χ3n) is 2.31. The van der Waals surface area contributed by atoms with E-state index < -0.39 is 0 Å². The van der Waals surface area contributed by atoms with Crippen molar-refractivity contribution in [3.63, 3.8) is 0 Å². The van der Waals surface area contributed by atoms with Gasteiger partial charge in [-0.05, 0) is 38.1 Å². The lowest BCUT2D eigenvalue weighted by Gasteiger charge is -2.07. The summed E-state index contributed by atoms with van der Waals surface area (Å²) in [6.07, 6.45) is 5.14. The molecule has 1 rings (SSSR count). The van der Waals surface area contributed by atoms with E-state index in [4.69, 9.17) is 20.8 Å². The van der Waals surface area contributed by atoms with Gasteiger partial charge in [-0.15, -0.1) is 6.42 Å². The number of terminal acetylenes is 1. The molecule has 0 bridgehead atoms. The molecule has 5 nitrogen and oxygen atoms in total. The van der Waals surface area contributed by atoms with E-state index in [-0.39, 0.29) is 6.61 Å². The predicted molar refractivity (Wildman–Crippen MR) is 79.1 cm³/mol. The maximum atomic E-state index is 5.32. The molecule has 106 valence electrons. The van der Waals surface area contributed by atoms with Gasteiger partial charge >= 0.3 is 0 Å². The van der Waals surface area contributed by atoms with Crippen LogP contribution in [0.4, 0.5) is 0 Å². The lowest BCUT2D eigenvalue weighted by molar-refractivity contribution is 0.159. The summed E-state index contributed by atoms with van der Waals surface area (Å²) in [6, 6.07) is 7.35. The summed E-state index contributed by atoms with van der Waals surface area (Å²) in [6.45, 7) is 4.38. The minimum absolute atomic E-state index is 0.239. The fourth-order valence-corrected chi connectivity index (χ4v) is 1.47. The molecule has 20 heavy (non-hydrogen) atoms. The molecule has 0 saturated heterocycles. The van der Waals surface area contributed by atoms with Crippen molar-refractivity contribution < 1.29 is 14.4 Å². The van der Waals surface area contributed by atoms with E-state index in [0.717, 1.165) is 5.56 Å². The van der Waals surface area contributed by atoms with Gasteiger partial charge in [-0.2, -0.15) is 0 Å². The van der Waals surface area contributed by atoms with Crippen molar-refractivity contribution in [2.24, 2.45) is 10.3 Å². The highest BCUT2D eigenvalue weighted by molar-refractivity contribution is 6.47. The number of ether oxygens (including phenoxy) is 1. The number of nitrogens with zero attached hydrogens (tertiary/aromatic N) is 2. The Labute approximate surface area is 119 Å². The van der Waals surface area contributed by atoms with E-state index in [0.29, 0.717) is 23.8 Å². The predicted octanol–water partition coefficient (Wildman–Crippen LogP) is 2.46. The molecule has 0 N–H and O–H groups in total. The van der Waals surface area contributed by atoms with Gasteiger partial charge in [0, 0.05) is 5.56 Å². The van der Waals surface area contributed by atoms with E-state index in [9.17, 15) is 0 Å². The van der Waals surface area contributed by atoms with Gasteiger partial charge in [0.15, 0.2) is 0 Å². The Kier molecular flexibility index (Phi) is 6.69. The van der Waals surface area contributed by atoms with E-state index in [1.807, 2.05) is 31.2 Å². The van der Waals surface area contributed by atoms with Gasteiger partial charge in [-0.1, -0.05) is 16.2 Å². The van der Waals surface area contributed by atoms with Crippen LogP contribution in [0, 0.1) is 12.3 Å². The first-order valence-electron chi connectivity index (χ1n) is 6.17. The largest absolute Gasteiger partial charge is 0.481 e. The lowest BCUT2D eigenvalue weighted by atomic mass is 10.1. The fourth-order valence-electron chi connectivity index (χ4n) is 1.47. The van der Waals surface area contributed by atoms with Crippen molar-refractivity contribution in [3.8, 4) is 18.1 Å². The first kappa shape index (κ1) is 15.6. The van der Waals surface area contributed by atoms with Crippen LogP contribution in [0.2, 0.25) is 0 Å². The maximum Gasteiger partial charge on any atom is 0.148 e. The van der Waals surface area contributed by atoms with Crippen molar-refractivity contribution >= 4 is 11.4 Å². The number of hydrogen-bond acceptors (Lipinski definition) is 5. The van der Waals surface area contributed by atoms with Gasteiger partial charge < -0.3 is 14.4 Å². The Balaban J connectivity index is 2.97. The van der Waals surface area contributed by atoms with Crippen molar-refractivity contribution in [1.82, 2.24) is 0 Å². The normalized spacial score (nSPS) is 11.7. The van der Waals surface area contributed by atoms with Gasteiger partial charge in [-0.3, -0.25) is 0 Å². The summed E-state index contributed by atoms with van der Waals surface area (Å²) in [5.41, 5.74) is 2.08. The third-order valence-corrected chi connectivity index (χ3v) is 2.31. The molecule has 0 spiro atoms. The highest BCUT2D eigenvalue weighted by atomic mass is 16.6. The van der Waals surface area contributed by atoms with Crippen LogP contribution in [0.5, 0.6) is 5.75 Å². The first-order chi connectivity index (χ1) is 9.72. The second-order valence-corrected chi connectivity index (χ2v) is 3.73. The van der Waals surface area contributed by atoms with Crippen LogP contribution in [0.3, 0.4) is 0 Å². The summed E-state index contributed by atoms with van der Waals surface area (Å²) in [5, 5.41) is 7.93. The Morgan fingerprint density at radius 1 is 1.25 bits per heavy atom. The molecule has 0 fully saturated rings. The molecule has 0 aliphatic rings. The average molecular weight is 274 g/mol. The Morgan fingerprint density at radius 2 is 1.95 bits per heavy atom. The molecular formula is C15H18N2O3. The highest BCUT2D eigenvalue weighted by Gasteiger charge is 2.10. The first-order valence-corrected chi connectivity index (χ1v) is 6.17. The van der Waals surface area contributed by atoms with E-state index >= 15 is 0 Å². The van der Waals surface area contributed by atoms with Gasteiger partial charge in [0.25, 0.3) is 0 Å². The SMILES string of the molecule is C#CCOc1ccc(C(=NOCC)C(C)=NOC)cc1. The second-order valence-electron chi connectivity index (χ2n) is 3.73. The highest BCUT2D eigenvalue weighted by Crippen LogP contribution is 2.13. The average Bonchev–Trinajstić information content (AvgIpc) is 2.47. The Morgan fingerprint density at radius 3 is 2.50 bits per heavy atom. The van der Waals surface area contributed by atoms with Crippen molar-refractivity contribution in [3.05, 3.63) is 29.8 Å². The fraction of sp³-hybridized carbons (Fsp3) is 0.333. The zero-order valence-electron chi connectivity index (χ0n) is 11.9. The molecule has 1 aromatic rings.